The molecule has 28 heavy (non-hydrogen) atoms. The molecule has 1 aliphatic rings. The van der Waals surface area contributed by atoms with Crippen molar-refractivity contribution in [1.82, 2.24) is 0 Å². The highest BCUT2D eigenvalue weighted by atomic mass is 19.4. The monoisotopic (exact) mass is 392 g/mol. The summed E-state index contributed by atoms with van der Waals surface area (Å²) in [6, 6.07) is 12.9. The van der Waals surface area contributed by atoms with Gasteiger partial charge >= 0.3 is 12.1 Å². The third-order valence-corrected chi connectivity index (χ3v) is 3.92. The molecule has 0 fully saturated rings. The smallest absolute Gasteiger partial charge is 0.430 e. The Labute approximate surface area is 160 Å². The molecule has 0 bridgehead atoms. The van der Waals surface area contributed by atoms with Crippen molar-refractivity contribution in [3.8, 4) is 5.75 Å². The van der Waals surface area contributed by atoms with Crippen LogP contribution in [-0.2, 0) is 11.2 Å². The fourth-order valence-corrected chi connectivity index (χ4v) is 2.68. The topological polar surface area (TPSA) is 63.6 Å². The zero-order valence-electron chi connectivity index (χ0n) is 15.3. The van der Waals surface area contributed by atoms with Gasteiger partial charge in [-0.05, 0) is 29.8 Å². The lowest BCUT2D eigenvalue weighted by Crippen LogP contribution is -2.40. The molecule has 3 rings (SSSR count). The number of carbonyl (C=O) groups excluding carboxylic acids is 1. The van der Waals surface area contributed by atoms with Crippen molar-refractivity contribution in [2.24, 2.45) is 0 Å². The van der Waals surface area contributed by atoms with Crippen molar-refractivity contribution >= 4 is 17.8 Å². The molecule has 1 unspecified atom stereocenters. The van der Waals surface area contributed by atoms with Gasteiger partial charge in [-0.1, -0.05) is 44.2 Å². The van der Waals surface area contributed by atoms with Crippen molar-refractivity contribution in [2.75, 3.05) is 0 Å². The van der Waals surface area contributed by atoms with Crippen LogP contribution in [0.15, 0.2) is 54.1 Å². The first-order valence-electron chi connectivity index (χ1n) is 8.65. The molecule has 148 valence electrons. The molecule has 1 heterocycles. The Bertz CT molecular complexity index is 886. The second-order valence-corrected chi connectivity index (χ2v) is 5.78. The largest absolute Gasteiger partial charge is 0.478 e. The summed E-state index contributed by atoms with van der Waals surface area (Å²) in [5.41, 5.74) is 0.271. The minimum absolute atomic E-state index is 0.117. The number of carboxylic acids is 1. The number of carboxylic acid groups (broad SMARTS) is 1. The number of rotatable bonds is 4. The van der Waals surface area contributed by atoms with Gasteiger partial charge in [-0.2, -0.15) is 13.2 Å². The van der Waals surface area contributed by atoms with E-state index in [0.29, 0.717) is 0 Å². The Morgan fingerprint density at radius 3 is 2.29 bits per heavy atom. The standard InChI is InChI=1S/C19H13F3O4.C2H6/c20-19(21,22)17-14(18(24)25)10-13-9-12(6-7-16(13)26-17)15(23)8-11-4-2-1-3-5-11;1-2/h1-7,9-10,17H,8H2,(H,24,25);1-2H3. The number of hydrogen-bond acceptors (Lipinski definition) is 3. The molecule has 1 aliphatic heterocycles. The van der Waals surface area contributed by atoms with Crippen molar-refractivity contribution < 1.29 is 32.6 Å². The summed E-state index contributed by atoms with van der Waals surface area (Å²) in [5.74, 6) is -2.07. The highest BCUT2D eigenvalue weighted by Crippen LogP contribution is 2.37. The van der Waals surface area contributed by atoms with Gasteiger partial charge in [-0.15, -0.1) is 0 Å². The average Bonchev–Trinajstić information content (AvgIpc) is 2.68. The fourth-order valence-electron chi connectivity index (χ4n) is 2.68. The van der Waals surface area contributed by atoms with Gasteiger partial charge < -0.3 is 9.84 Å². The molecular formula is C21H19F3O4. The molecule has 0 radical (unpaired) electrons. The summed E-state index contributed by atoms with van der Waals surface area (Å²) in [6.45, 7) is 4.00. The minimum Gasteiger partial charge on any atom is -0.478 e. The van der Waals surface area contributed by atoms with Crippen LogP contribution in [0.25, 0.3) is 6.08 Å². The van der Waals surface area contributed by atoms with Gasteiger partial charge in [0.15, 0.2) is 5.78 Å². The normalized spacial score (nSPS) is 15.3. The van der Waals surface area contributed by atoms with E-state index in [4.69, 9.17) is 9.84 Å². The first kappa shape index (κ1) is 21.2. The Kier molecular flexibility index (Phi) is 6.62. The molecule has 0 amide bonds. The number of hydrogen-bond donors (Lipinski definition) is 1. The predicted octanol–water partition coefficient (Wildman–Crippen LogP) is 4.93. The molecule has 2 aromatic rings. The van der Waals surface area contributed by atoms with E-state index < -0.39 is 23.8 Å². The van der Waals surface area contributed by atoms with E-state index in [1.165, 1.54) is 18.2 Å². The van der Waals surface area contributed by atoms with Crippen LogP contribution >= 0.6 is 0 Å². The van der Waals surface area contributed by atoms with Crippen molar-refractivity contribution in [3.05, 3.63) is 70.8 Å². The number of alkyl halides is 3. The van der Waals surface area contributed by atoms with Gasteiger partial charge in [0.25, 0.3) is 0 Å². The molecule has 0 aromatic heterocycles. The second kappa shape index (κ2) is 8.73. The summed E-state index contributed by atoms with van der Waals surface area (Å²) in [4.78, 5) is 23.5. The summed E-state index contributed by atoms with van der Waals surface area (Å²) in [6.07, 6.45) is -6.37. The number of ether oxygens (including phenoxy) is 1. The number of carbonyl (C=O) groups is 2. The molecule has 0 spiro atoms. The Hall–Kier alpha value is -3.09. The van der Waals surface area contributed by atoms with Gasteiger partial charge in [0, 0.05) is 17.5 Å². The molecule has 1 N–H and O–H groups in total. The van der Waals surface area contributed by atoms with Gasteiger partial charge in [-0.25, -0.2) is 4.79 Å². The Morgan fingerprint density at radius 2 is 1.71 bits per heavy atom. The first-order chi connectivity index (χ1) is 13.3. The second-order valence-electron chi connectivity index (χ2n) is 5.78. The van der Waals surface area contributed by atoms with Crippen molar-refractivity contribution in [3.63, 3.8) is 0 Å². The maximum Gasteiger partial charge on any atom is 0.430 e. The molecule has 4 nitrogen and oxygen atoms in total. The van der Waals surface area contributed by atoms with E-state index in [1.807, 2.05) is 19.9 Å². The van der Waals surface area contributed by atoms with Crippen LogP contribution < -0.4 is 4.74 Å². The van der Waals surface area contributed by atoms with E-state index in [0.717, 1.165) is 11.6 Å². The van der Waals surface area contributed by atoms with Crippen LogP contribution in [0.4, 0.5) is 13.2 Å². The van der Waals surface area contributed by atoms with E-state index in [2.05, 4.69) is 0 Å². The number of ketones is 1. The van der Waals surface area contributed by atoms with Gasteiger partial charge in [0.2, 0.25) is 6.10 Å². The Morgan fingerprint density at radius 1 is 1.07 bits per heavy atom. The summed E-state index contributed by atoms with van der Waals surface area (Å²) in [5, 5.41) is 9.06. The highest BCUT2D eigenvalue weighted by molar-refractivity contribution is 5.99. The van der Waals surface area contributed by atoms with Gasteiger partial charge in [0.05, 0.1) is 5.57 Å². The van der Waals surface area contributed by atoms with Crippen LogP contribution in [0.2, 0.25) is 0 Å². The van der Waals surface area contributed by atoms with E-state index in [9.17, 15) is 22.8 Å². The molecular weight excluding hydrogens is 373 g/mol. The SMILES string of the molecule is CC.O=C(O)C1=Cc2cc(C(=O)Cc3ccccc3)ccc2OC1C(F)(F)F. The molecule has 0 saturated heterocycles. The lowest BCUT2D eigenvalue weighted by molar-refractivity contribution is -0.187. The molecule has 7 heteroatoms. The minimum atomic E-state index is -4.86. The van der Waals surface area contributed by atoms with E-state index in [1.54, 1.807) is 24.3 Å². The molecule has 0 saturated carbocycles. The van der Waals surface area contributed by atoms with E-state index in [-0.39, 0.29) is 29.1 Å². The number of Topliss-reactive ketones (excluding diaryl/α,β-unsaturated/α-hetero) is 1. The predicted molar refractivity (Wildman–Crippen MR) is 98.4 cm³/mol. The maximum absolute atomic E-state index is 13.0. The average molecular weight is 392 g/mol. The lowest BCUT2D eigenvalue weighted by Gasteiger charge is -2.27. The van der Waals surface area contributed by atoms with Gasteiger partial charge in [-0.3, -0.25) is 4.79 Å². The third-order valence-electron chi connectivity index (χ3n) is 3.92. The van der Waals surface area contributed by atoms with Crippen LogP contribution in [0.5, 0.6) is 5.75 Å². The molecule has 0 aliphatic carbocycles. The lowest BCUT2D eigenvalue weighted by atomic mass is 9.97. The summed E-state index contributed by atoms with van der Waals surface area (Å²) >= 11 is 0. The zero-order valence-corrected chi connectivity index (χ0v) is 15.3. The van der Waals surface area contributed by atoms with Crippen LogP contribution in [-0.4, -0.2) is 29.1 Å². The number of halogens is 3. The third kappa shape index (κ3) is 4.79. The van der Waals surface area contributed by atoms with E-state index >= 15 is 0 Å². The number of benzene rings is 2. The van der Waals surface area contributed by atoms with Crippen LogP contribution in [0, 0.1) is 0 Å². The summed E-state index contributed by atoms with van der Waals surface area (Å²) in [7, 11) is 0. The summed E-state index contributed by atoms with van der Waals surface area (Å²) < 4.78 is 43.9. The van der Waals surface area contributed by atoms with Crippen LogP contribution in [0.1, 0.15) is 35.3 Å². The fraction of sp³-hybridized carbons (Fsp3) is 0.238. The quantitative estimate of drug-likeness (QED) is 0.750. The maximum atomic E-state index is 13.0. The molecule has 1 atom stereocenters. The Balaban J connectivity index is 0.00000136. The number of aliphatic carboxylic acids is 1. The van der Waals surface area contributed by atoms with Crippen molar-refractivity contribution in [2.45, 2.75) is 32.5 Å². The highest BCUT2D eigenvalue weighted by Gasteiger charge is 2.48. The van der Waals surface area contributed by atoms with Crippen molar-refractivity contribution in [1.29, 1.82) is 0 Å². The zero-order chi connectivity index (χ0) is 20.9. The van der Waals surface area contributed by atoms with Crippen LogP contribution in [0.3, 0.4) is 0 Å². The molecule has 2 aromatic carbocycles. The number of fused-ring (bicyclic) bond motifs is 1. The first-order valence-corrected chi connectivity index (χ1v) is 8.65. The van der Waals surface area contributed by atoms with Gasteiger partial charge in [0.1, 0.15) is 5.75 Å².